The van der Waals surface area contributed by atoms with E-state index < -0.39 is 64.6 Å². The minimum atomic E-state index is -1.42. The predicted octanol–water partition coefficient (Wildman–Crippen LogP) is 4.36. The van der Waals surface area contributed by atoms with E-state index in [9.17, 15) is 24.0 Å². The summed E-state index contributed by atoms with van der Waals surface area (Å²) >= 11 is 0. The van der Waals surface area contributed by atoms with E-state index >= 15 is 0 Å². The minimum absolute atomic E-state index is 0.113. The summed E-state index contributed by atoms with van der Waals surface area (Å²) in [5, 5.41) is 0. The van der Waals surface area contributed by atoms with Gasteiger partial charge in [0.05, 0.1) is 41.7 Å². The Bertz CT molecular complexity index is 1520. The highest BCUT2D eigenvalue weighted by atomic mass is 16.5. The lowest BCUT2D eigenvalue weighted by Crippen LogP contribution is -2.61. The van der Waals surface area contributed by atoms with Gasteiger partial charge in [0.2, 0.25) is 23.6 Å². The highest BCUT2D eigenvalue weighted by molar-refractivity contribution is 6.28. The Balaban J connectivity index is 1.55. The third-order valence-corrected chi connectivity index (χ3v) is 9.87. The van der Waals surface area contributed by atoms with Crippen LogP contribution in [0.25, 0.3) is 0 Å². The first-order valence-electron chi connectivity index (χ1n) is 14.1. The van der Waals surface area contributed by atoms with Gasteiger partial charge in [-0.05, 0) is 64.8 Å². The van der Waals surface area contributed by atoms with Crippen molar-refractivity contribution in [3.63, 3.8) is 0 Å². The minimum Gasteiger partial charge on any atom is -0.463 e. The summed E-state index contributed by atoms with van der Waals surface area (Å²) in [4.78, 5) is 73.2. The highest BCUT2D eigenvalue weighted by Gasteiger charge is 2.77. The molecule has 0 N–H and O–H groups in total. The number of esters is 1. The second-order valence-electron chi connectivity index (χ2n) is 12.2. The molecule has 2 aromatic rings. The van der Waals surface area contributed by atoms with Crippen LogP contribution in [0.4, 0.5) is 11.4 Å². The van der Waals surface area contributed by atoms with Gasteiger partial charge in [-0.15, -0.1) is 0 Å². The van der Waals surface area contributed by atoms with E-state index in [0.717, 1.165) is 22.3 Å². The number of carbonyl (C=O) groups is 5. The van der Waals surface area contributed by atoms with Crippen LogP contribution in [0.5, 0.6) is 0 Å². The Kier molecular flexibility index (Phi) is 5.93. The molecule has 2 saturated heterocycles. The molecule has 0 aromatic heterocycles. The van der Waals surface area contributed by atoms with Crippen LogP contribution in [0.15, 0.2) is 47.5 Å². The van der Waals surface area contributed by atoms with E-state index in [2.05, 4.69) is 0 Å². The van der Waals surface area contributed by atoms with Crippen molar-refractivity contribution >= 4 is 41.0 Å². The lowest BCUT2D eigenvalue weighted by Gasteiger charge is -2.55. The van der Waals surface area contributed by atoms with E-state index in [1.54, 1.807) is 32.9 Å². The summed E-state index contributed by atoms with van der Waals surface area (Å²) in [6, 6.07) is 11.0. The first-order valence-corrected chi connectivity index (χ1v) is 14.1. The van der Waals surface area contributed by atoms with Gasteiger partial charge in [-0.2, -0.15) is 0 Å². The van der Waals surface area contributed by atoms with Crippen molar-refractivity contribution in [3.05, 3.63) is 69.8 Å². The fourth-order valence-electron chi connectivity index (χ4n) is 8.40. The van der Waals surface area contributed by atoms with Crippen molar-refractivity contribution in [2.45, 2.75) is 48.5 Å². The molecule has 2 heterocycles. The number of rotatable bonds is 4. The van der Waals surface area contributed by atoms with E-state index in [1.165, 1.54) is 9.80 Å². The molecule has 3 aliphatic carbocycles. The maximum Gasteiger partial charge on any atom is 0.334 e. The first-order chi connectivity index (χ1) is 19.4. The zero-order chi connectivity index (χ0) is 29.7. The second kappa shape index (κ2) is 8.96. The third-order valence-electron chi connectivity index (χ3n) is 9.87. The molecule has 6 atom stereocenters. The maximum absolute atomic E-state index is 14.4. The lowest BCUT2D eigenvalue weighted by atomic mass is 9.43. The van der Waals surface area contributed by atoms with Crippen molar-refractivity contribution in [2.75, 3.05) is 16.4 Å². The van der Waals surface area contributed by atoms with Crippen molar-refractivity contribution in [2.24, 2.45) is 35.0 Å². The first kappa shape index (κ1) is 27.1. The summed E-state index contributed by atoms with van der Waals surface area (Å²) in [6.07, 6.45) is 0. The zero-order valence-electron chi connectivity index (χ0n) is 24.4. The van der Waals surface area contributed by atoms with E-state index in [4.69, 9.17) is 4.74 Å². The number of carbonyl (C=O) groups excluding carboxylic acids is 5. The lowest BCUT2D eigenvalue weighted by molar-refractivity contribution is -0.155. The monoisotopic (exact) mass is 554 g/mol. The molecule has 3 fully saturated rings. The second-order valence-corrected chi connectivity index (χ2v) is 12.2. The van der Waals surface area contributed by atoms with Crippen LogP contribution in [0.2, 0.25) is 0 Å². The third kappa shape index (κ3) is 3.36. The van der Waals surface area contributed by atoms with Crippen molar-refractivity contribution in [1.29, 1.82) is 0 Å². The van der Waals surface area contributed by atoms with Crippen LogP contribution >= 0.6 is 0 Å². The standard InChI is InChI=1S/C33H34N2O6/c1-8-41-32(40)25-19(6)22-23-26(30(38)34(28(23)36)20-11-9-15(2)13-17(20)4)33(25,7)27-24(22)29(37)35(31(27)39)21-12-10-16(3)14-18(21)5/h9-14,22-24,26-27H,8H2,1-7H3/t22?,23-,24-,26-,27+,33?/m1/s1. The molecule has 7 rings (SSSR count). The van der Waals surface area contributed by atoms with Crippen LogP contribution in [-0.2, 0) is 28.7 Å². The van der Waals surface area contributed by atoms with Crippen molar-refractivity contribution in [3.8, 4) is 0 Å². The number of imide groups is 2. The molecule has 1 saturated carbocycles. The van der Waals surface area contributed by atoms with Gasteiger partial charge in [-0.25, -0.2) is 14.6 Å². The Morgan fingerprint density at radius 3 is 1.56 bits per heavy atom. The van der Waals surface area contributed by atoms with Crippen molar-refractivity contribution in [1.82, 2.24) is 0 Å². The normalized spacial score (nSPS) is 30.4. The summed E-state index contributed by atoms with van der Waals surface area (Å²) in [7, 11) is 0. The molecular formula is C33H34N2O6. The van der Waals surface area contributed by atoms with Gasteiger partial charge in [0.25, 0.3) is 0 Å². The average Bonchev–Trinajstić information content (AvgIpc) is 3.31. The number of hydrogen-bond acceptors (Lipinski definition) is 6. The molecule has 2 bridgehead atoms. The predicted molar refractivity (Wildman–Crippen MR) is 152 cm³/mol. The molecule has 5 aliphatic rings. The van der Waals surface area contributed by atoms with E-state index in [-0.39, 0.29) is 12.2 Å². The number of amides is 4. The number of benzene rings is 2. The number of allylic oxidation sites excluding steroid dienone is 1. The van der Waals surface area contributed by atoms with Crippen molar-refractivity contribution < 1.29 is 28.7 Å². The Hall–Kier alpha value is -4.07. The van der Waals surface area contributed by atoms with Crippen LogP contribution in [0.3, 0.4) is 0 Å². The molecule has 2 aromatic carbocycles. The fourth-order valence-corrected chi connectivity index (χ4v) is 8.40. The number of hydrogen-bond donors (Lipinski definition) is 0. The summed E-state index contributed by atoms with van der Waals surface area (Å²) < 4.78 is 5.46. The molecule has 2 aliphatic heterocycles. The largest absolute Gasteiger partial charge is 0.463 e. The summed E-state index contributed by atoms with van der Waals surface area (Å²) in [6.45, 7) is 12.8. The Morgan fingerprint density at radius 1 is 0.732 bits per heavy atom. The average molecular weight is 555 g/mol. The van der Waals surface area contributed by atoms with Crippen LogP contribution < -0.4 is 9.80 Å². The maximum atomic E-state index is 14.4. The van der Waals surface area contributed by atoms with Gasteiger partial charge in [-0.3, -0.25) is 19.2 Å². The molecule has 2 unspecified atom stereocenters. The Labute approximate surface area is 239 Å². The smallest absolute Gasteiger partial charge is 0.334 e. The van der Waals surface area contributed by atoms with Gasteiger partial charge in [0.1, 0.15) is 0 Å². The van der Waals surface area contributed by atoms with Crippen LogP contribution in [0, 0.1) is 62.7 Å². The number of nitrogens with zero attached hydrogens (tertiary/aromatic N) is 2. The molecule has 8 heteroatoms. The molecule has 41 heavy (non-hydrogen) atoms. The molecule has 0 radical (unpaired) electrons. The molecule has 0 spiro atoms. The fraction of sp³-hybridized carbons (Fsp3) is 0.424. The molecule has 212 valence electrons. The molecule has 4 amide bonds. The van der Waals surface area contributed by atoms with Gasteiger partial charge < -0.3 is 4.74 Å². The number of anilines is 2. The number of aryl methyl sites for hydroxylation is 4. The van der Waals surface area contributed by atoms with Gasteiger partial charge in [0, 0.05) is 16.9 Å². The topological polar surface area (TPSA) is 101 Å². The zero-order valence-corrected chi connectivity index (χ0v) is 24.4. The molecule has 8 nitrogen and oxygen atoms in total. The van der Waals surface area contributed by atoms with Gasteiger partial charge in [-0.1, -0.05) is 47.9 Å². The van der Waals surface area contributed by atoms with Crippen LogP contribution in [-0.4, -0.2) is 36.2 Å². The highest BCUT2D eigenvalue weighted by Crippen LogP contribution is 2.69. The molecular weight excluding hydrogens is 520 g/mol. The van der Waals surface area contributed by atoms with Crippen LogP contribution in [0.1, 0.15) is 43.0 Å². The summed E-state index contributed by atoms with van der Waals surface area (Å²) in [5.41, 5.74) is 3.89. The van der Waals surface area contributed by atoms with E-state index in [1.807, 2.05) is 52.0 Å². The van der Waals surface area contributed by atoms with Gasteiger partial charge >= 0.3 is 5.97 Å². The Morgan fingerprint density at radius 2 is 1.17 bits per heavy atom. The van der Waals surface area contributed by atoms with E-state index in [0.29, 0.717) is 16.9 Å². The quantitative estimate of drug-likeness (QED) is 0.411. The summed E-state index contributed by atoms with van der Waals surface area (Å²) in [5.74, 6) is -6.79. The SMILES string of the molecule is CCOC(=O)C1=C(C)C2[C@H]3C(=O)N(c4ccc(C)cc4C)C(=O)[C@H]3C1(C)[C@H]1C(=O)N(c3ccc(C)cc3C)C(=O)[C@H]21. The number of ether oxygens (including phenoxy) is 1. The van der Waals surface area contributed by atoms with Gasteiger partial charge in [0.15, 0.2) is 0 Å².